The van der Waals surface area contributed by atoms with E-state index in [-0.39, 0.29) is 11.9 Å². The highest BCUT2D eigenvalue weighted by molar-refractivity contribution is 6.42. The minimum absolute atomic E-state index is 0.0348. The lowest BCUT2D eigenvalue weighted by Crippen LogP contribution is -2.19. The van der Waals surface area contributed by atoms with E-state index in [1.807, 2.05) is 42.8 Å². The molecule has 0 bridgehead atoms. The number of hydrogen-bond donors (Lipinski definition) is 1. The third-order valence-corrected chi connectivity index (χ3v) is 6.52. The molecule has 0 spiro atoms. The first-order valence-corrected chi connectivity index (χ1v) is 12.3. The Hall–Kier alpha value is -3.42. The number of benzene rings is 3. The Labute approximate surface area is 218 Å². The van der Waals surface area contributed by atoms with Crippen molar-refractivity contribution in [3.63, 3.8) is 0 Å². The number of hydrogen-bond acceptors (Lipinski definition) is 5. The van der Waals surface area contributed by atoms with E-state index in [4.69, 9.17) is 37.9 Å². The van der Waals surface area contributed by atoms with Crippen LogP contribution in [-0.4, -0.2) is 28.9 Å². The van der Waals surface area contributed by atoms with Gasteiger partial charge < -0.3 is 14.6 Å². The van der Waals surface area contributed by atoms with Gasteiger partial charge in [0.2, 0.25) is 5.88 Å². The van der Waals surface area contributed by atoms with E-state index in [2.05, 4.69) is 10.3 Å². The predicted molar refractivity (Wildman–Crippen MR) is 144 cm³/mol. The SMILES string of the molecule is COC1=C(Nc2cc3nc4ccc(F)cc4n(-c4ccc(Cl)c(Cl)c4)c-3c/c2=N\C(C)C)CCC=N1. The monoisotopic (exact) mass is 523 g/mol. The van der Waals surface area contributed by atoms with Crippen LogP contribution in [0.4, 0.5) is 10.1 Å². The van der Waals surface area contributed by atoms with Crippen molar-refractivity contribution in [2.24, 2.45) is 9.98 Å². The second-order valence-corrected chi connectivity index (χ2v) is 9.54. The van der Waals surface area contributed by atoms with Gasteiger partial charge in [-0.05, 0) is 69.2 Å². The number of aliphatic imine (C=N–C) groups is 1. The third kappa shape index (κ3) is 4.68. The van der Waals surface area contributed by atoms with Gasteiger partial charge in [0, 0.05) is 24.0 Å². The second-order valence-electron chi connectivity index (χ2n) is 8.72. The largest absolute Gasteiger partial charge is 0.480 e. The Bertz CT molecular complexity index is 1570. The van der Waals surface area contributed by atoms with Crippen LogP contribution in [0, 0.1) is 5.82 Å². The van der Waals surface area contributed by atoms with Crippen LogP contribution in [0.3, 0.4) is 0 Å². The molecule has 184 valence electrons. The Morgan fingerprint density at radius 3 is 2.67 bits per heavy atom. The van der Waals surface area contributed by atoms with Gasteiger partial charge >= 0.3 is 0 Å². The van der Waals surface area contributed by atoms with E-state index < -0.39 is 0 Å². The number of nitrogens with one attached hydrogen (secondary N) is 1. The number of nitrogens with zero attached hydrogens (tertiary/aromatic N) is 4. The molecule has 0 unspecified atom stereocenters. The van der Waals surface area contributed by atoms with E-state index >= 15 is 0 Å². The van der Waals surface area contributed by atoms with Gasteiger partial charge in [-0.25, -0.2) is 14.4 Å². The predicted octanol–water partition coefficient (Wildman–Crippen LogP) is 6.98. The van der Waals surface area contributed by atoms with Crippen LogP contribution in [0.5, 0.6) is 0 Å². The summed E-state index contributed by atoms with van der Waals surface area (Å²) in [6.45, 7) is 4.03. The van der Waals surface area contributed by atoms with E-state index in [0.29, 0.717) is 32.7 Å². The first-order valence-electron chi connectivity index (χ1n) is 11.6. The van der Waals surface area contributed by atoms with Crippen molar-refractivity contribution in [1.82, 2.24) is 9.55 Å². The molecule has 0 saturated carbocycles. The average Bonchev–Trinajstić information content (AvgIpc) is 2.85. The summed E-state index contributed by atoms with van der Waals surface area (Å²) in [6.07, 6.45) is 3.42. The summed E-state index contributed by atoms with van der Waals surface area (Å²) in [5, 5.41) is 5.06. The van der Waals surface area contributed by atoms with Gasteiger partial charge in [0.05, 0.1) is 56.3 Å². The van der Waals surface area contributed by atoms with E-state index in [1.54, 1.807) is 25.3 Å². The number of ether oxygens (including phenoxy) is 1. The van der Waals surface area contributed by atoms with Crippen molar-refractivity contribution in [3.8, 4) is 17.1 Å². The number of rotatable bonds is 5. The molecule has 2 heterocycles. The molecular weight excluding hydrogens is 500 g/mol. The standard InChI is InChI=1S/C27H24Cl2FN5O/c1-15(2)32-23-14-26-24(13-22(23)34-21-5-4-10-31-27(21)36-3)33-20-9-6-16(30)11-25(20)35(26)17-7-8-18(28)19(29)12-17/h6-15,34H,4-5H2,1-3H3/b32-23+. The smallest absolute Gasteiger partial charge is 0.232 e. The number of methoxy groups -OCH3 is 1. The summed E-state index contributed by atoms with van der Waals surface area (Å²) in [6, 6.07) is 13.8. The van der Waals surface area contributed by atoms with Crippen LogP contribution in [0.15, 0.2) is 70.1 Å². The van der Waals surface area contributed by atoms with Crippen molar-refractivity contribution in [2.45, 2.75) is 32.7 Å². The fraction of sp³-hybridized carbons (Fsp3) is 0.222. The van der Waals surface area contributed by atoms with Crippen LogP contribution < -0.4 is 10.7 Å². The molecule has 2 aromatic rings. The molecular formula is C27H24Cl2FN5O. The fourth-order valence-corrected chi connectivity index (χ4v) is 4.54. The van der Waals surface area contributed by atoms with Gasteiger partial charge in [-0.1, -0.05) is 23.2 Å². The van der Waals surface area contributed by atoms with Crippen LogP contribution in [0.2, 0.25) is 10.0 Å². The van der Waals surface area contributed by atoms with Crippen molar-refractivity contribution in [2.75, 3.05) is 12.4 Å². The molecule has 0 fully saturated rings. The number of halogens is 3. The highest BCUT2D eigenvalue weighted by Gasteiger charge is 2.19. The maximum absolute atomic E-state index is 14.4. The zero-order valence-electron chi connectivity index (χ0n) is 20.0. The Balaban J connectivity index is 1.83. The number of anilines is 1. The van der Waals surface area contributed by atoms with Crippen LogP contribution in [0.25, 0.3) is 28.1 Å². The van der Waals surface area contributed by atoms with Gasteiger partial charge in [-0.3, -0.25) is 4.99 Å². The van der Waals surface area contributed by atoms with E-state index in [1.165, 1.54) is 12.1 Å². The minimum Gasteiger partial charge on any atom is -0.480 e. The molecule has 0 radical (unpaired) electrons. The molecule has 6 nitrogen and oxygen atoms in total. The van der Waals surface area contributed by atoms with E-state index in [9.17, 15) is 4.39 Å². The summed E-state index contributed by atoms with van der Waals surface area (Å²) in [7, 11) is 1.60. The molecule has 2 aliphatic heterocycles. The molecule has 5 rings (SSSR count). The minimum atomic E-state index is -0.361. The molecule has 0 amide bonds. The molecule has 9 heteroatoms. The van der Waals surface area contributed by atoms with Gasteiger partial charge in [-0.2, -0.15) is 0 Å². The summed E-state index contributed by atoms with van der Waals surface area (Å²) in [5.74, 6) is 0.185. The highest BCUT2D eigenvalue weighted by Crippen LogP contribution is 2.33. The lowest BCUT2D eigenvalue weighted by Gasteiger charge is -2.22. The van der Waals surface area contributed by atoms with Crippen LogP contribution in [0.1, 0.15) is 26.7 Å². The molecule has 36 heavy (non-hydrogen) atoms. The van der Waals surface area contributed by atoms with Crippen molar-refractivity contribution >= 4 is 46.1 Å². The summed E-state index contributed by atoms with van der Waals surface area (Å²) in [4.78, 5) is 14.1. The normalized spacial score (nSPS) is 14.4. The van der Waals surface area contributed by atoms with Gasteiger partial charge in [-0.15, -0.1) is 0 Å². The van der Waals surface area contributed by atoms with Gasteiger partial charge in [0.15, 0.2) is 0 Å². The fourth-order valence-electron chi connectivity index (χ4n) is 4.25. The average molecular weight is 524 g/mol. The zero-order valence-corrected chi connectivity index (χ0v) is 21.5. The zero-order chi connectivity index (χ0) is 25.4. The summed E-state index contributed by atoms with van der Waals surface area (Å²) >= 11 is 12.6. The maximum Gasteiger partial charge on any atom is 0.232 e. The van der Waals surface area contributed by atoms with Crippen LogP contribution >= 0.6 is 23.2 Å². The van der Waals surface area contributed by atoms with Gasteiger partial charge in [0.25, 0.3) is 0 Å². The lowest BCUT2D eigenvalue weighted by atomic mass is 10.1. The summed E-state index contributed by atoms with van der Waals surface area (Å²) in [5.41, 5.74) is 5.07. The number of allylic oxidation sites excluding steroid dienone is 1. The molecule has 1 N–H and O–H groups in total. The molecule has 3 aliphatic rings. The maximum atomic E-state index is 14.4. The third-order valence-electron chi connectivity index (χ3n) is 5.78. The second kappa shape index (κ2) is 9.91. The topological polar surface area (TPSA) is 63.8 Å². The number of aromatic nitrogens is 2. The molecule has 0 atom stereocenters. The molecule has 2 aromatic carbocycles. The molecule has 0 aromatic heterocycles. The Kier molecular flexibility index (Phi) is 6.69. The number of fused-ring (bicyclic) bond motifs is 2. The quantitative estimate of drug-likeness (QED) is 0.287. The van der Waals surface area contributed by atoms with Crippen LogP contribution in [-0.2, 0) is 4.74 Å². The molecule has 1 aliphatic carbocycles. The van der Waals surface area contributed by atoms with Crippen molar-refractivity contribution in [1.29, 1.82) is 0 Å². The first-order chi connectivity index (χ1) is 17.3. The Morgan fingerprint density at radius 2 is 1.92 bits per heavy atom. The van der Waals surface area contributed by atoms with E-state index in [0.717, 1.165) is 41.0 Å². The molecule has 0 saturated heterocycles. The Morgan fingerprint density at radius 1 is 1.08 bits per heavy atom. The van der Waals surface area contributed by atoms with Gasteiger partial charge in [0.1, 0.15) is 5.82 Å². The van der Waals surface area contributed by atoms with Crippen molar-refractivity contribution in [3.05, 3.63) is 81.3 Å². The lowest BCUT2D eigenvalue weighted by molar-refractivity contribution is 0.281. The first kappa shape index (κ1) is 24.3. The summed E-state index contributed by atoms with van der Waals surface area (Å²) < 4.78 is 21.8. The van der Waals surface area contributed by atoms with Crippen molar-refractivity contribution < 1.29 is 9.13 Å². The highest BCUT2D eigenvalue weighted by atomic mass is 35.5.